The van der Waals surface area contributed by atoms with E-state index >= 15 is 0 Å². The Bertz CT molecular complexity index is 1320. The Hall–Kier alpha value is -4.17. The van der Waals surface area contributed by atoms with Crippen molar-refractivity contribution >= 4 is 17.4 Å². The number of amides is 2. The summed E-state index contributed by atoms with van der Waals surface area (Å²) < 4.78 is 5.45. The van der Waals surface area contributed by atoms with Gasteiger partial charge in [-0.05, 0) is 41.0 Å². The number of fused-ring (bicyclic) bond motifs is 1. The molecule has 2 N–H and O–H groups in total. The molecule has 0 spiro atoms. The molecule has 1 aromatic heterocycles. The van der Waals surface area contributed by atoms with Gasteiger partial charge in [-0.3, -0.25) is 0 Å². The normalized spacial score (nSPS) is 15.1. The Balaban J connectivity index is 1.10. The first-order valence-electron chi connectivity index (χ1n) is 12.3. The number of benzene rings is 3. The average molecular weight is 481 g/mol. The van der Waals surface area contributed by atoms with Gasteiger partial charge in [0.2, 0.25) is 0 Å². The third-order valence-electron chi connectivity index (χ3n) is 6.84. The minimum absolute atomic E-state index is 0.0957. The number of aromatic nitrogens is 3. The van der Waals surface area contributed by atoms with E-state index in [1.54, 1.807) is 0 Å². The van der Waals surface area contributed by atoms with E-state index in [2.05, 4.69) is 62.0 Å². The van der Waals surface area contributed by atoms with Gasteiger partial charge in [0.15, 0.2) is 0 Å². The number of H-pyrrole nitrogens is 1. The molecular weight excluding hydrogens is 452 g/mol. The first kappa shape index (κ1) is 22.3. The molecule has 0 atom stereocenters. The zero-order chi connectivity index (χ0) is 24.3. The zero-order valence-corrected chi connectivity index (χ0v) is 20.0. The highest BCUT2D eigenvalue weighted by Crippen LogP contribution is 2.26. The molecular formula is C28H28N6O2. The van der Waals surface area contributed by atoms with Gasteiger partial charge in [-0.1, -0.05) is 48.5 Å². The summed E-state index contributed by atoms with van der Waals surface area (Å²) in [5.41, 5.74) is 8.23. The minimum Gasteiger partial charge on any atom is -0.378 e. The van der Waals surface area contributed by atoms with Crippen LogP contribution in [0.25, 0.3) is 11.3 Å². The topological polar surface area (TPSA) is 86.4 Å². The molecule has 3 aromatic carbocycles. The van der Waals surface area contributed by atoms with Crippen molar-refractivity contribution in [3.05, 3.63) is 95.2 Å². The number of urea groups is 1. The first-order valence-corrected chi connectivity index (χ1v) is 12.3. The van der Waals surface area contributed by atoms with Gasteiger partial charge in [-0.2, -0.15) is 15.4 Å². The maximum atomic E-state index is 12.8. The minimum atomic E-state index is -0.0957. The number of carbonyl (C=O) groups is 1. The van der Waals surface area contributed by atoms with Crippen LogP contribution in [0, 0.1) is 0 Å². The molecule has 0 radical (unpaired) electrons. The van der Waals surface area contributed by atoms with Gasteiger partial charge in [0, 0.05) is 49.5 Å². The summed E-state index contributed by atoms with van der Waals surface area (Å²) >= 11 is 0. The molecule has 8 nitrogen and oxygen atoms in total. The lowest BCUT2D eigenvalue weighted by Crippen LogP contribution is -2.36. The third kappa shape index (κ3) is 4.67. The van der Waals surface area contributed by atoms with Crippen LogP contribution in [0.15, 0.2) is 72.8 Å². The van der Waals surface area contributed by atoms with Crippen LogP contribution in [0.4, 0.5) is 16.2 Å². The summed E-state index contributed by atoms with van der Waals surface area (Å²) in [6.07, 6.45) is 0.684. The Morgan fingerprint density at radius 1 is 0.889 bits per heavy atom. The van der Waals surface area contributed by atoms with Crippen LogP contribution in [0.1, 0.15) is 22.4 Å². The Morgan fingerprint density at radius 2 is 1.58 bits per heavy atom. The molecule has 2 aliphatic rings. The maximum Gasteiger partial charge on any atom is 0.322 e. The molecule has 0 unspecified atom stereocenters. The summed E-state index contributed by atoms with van der Waals surface area (Å²) in [6.45, 7) is 4.67. The van der Waals surface area contributed by atoms with Gasteiger partial charge in [-0.25, -0.2) is 4.79 Å². The number of aromatic amines is 1. The highest BCUT2D eigenvalue weighted by molar-refractivity contribution is 5.90. The van der Waals surface area contributed by atoms with Crippen molar-refractivity contribution in [2.24, 2.45) is 0 Å². The molecule has 36 heavy (non-hydrogen) atoms. The van der Waals surface area contributed by atoms with Crippen molar-refractivity contribution in [2.75, 3.05) is 36.5 Å². The Kier molecular flexibility index (Phi) is 6.09. The van der Waals surface area contributed by atoms with Crippen molar-refractivity contribution in [1.29, 1.82) is 0 Å². The monoisotopic (exact) mass is 480 g/mol. The van der Waals surface area contributed by atoms with Gasteiger partial charge in [0.05, 0.1) is 18.9 Å². The van der Waals surface area contributed by atoms with E-state index in [0.29, 0.717) is 19.5 Å². The SMILES string of the molecule is O=C(Nc1ccc(-c2n[nH]nc2Cc2ccc(N3CCOCC3)cc2)cc1)N1Cc2ccccc2C1. The maximum absolute atomic E-state index is 12.8. The van der Waals surface area contributed by atoms with Crippen molar-refractivity contribution in [1.82, 2.24) is 20.3 Å². The van der Waals surface area contributed by atoms with Crippen LogP contribution in [-0.2, 0) is 24.2 Å². The lowest BCUT2D eigenvalue weighted by atomic mass is 10.0. The molecule has 6 rings (SSSR count). The number of rotatable bonds is 5. The molecule has 1 saturated heterocycles. The van der Waals surface area contributed by atoms with Crippen molar-refractivity contribution in [3.63, 3.8) is 0 Å². The number of nitrogens with zero attached hydrogens (tertiary/aromatic N) is 4. The largest absolute Gasteiger partial charge is 0.378 e. The Morgan fingerprint density at radius 3 is 2.28 bits per heavy atom. The number of hydrogen-bond donors (Lipinski definition) is 2. The second-order valence-corrected chi connectivity index (χ2v) is 9.19. The summed E-state index contributed by atoms with van der Waals surface area (Å²) in [4.78, 5) is 16.9. The third-order valence-corrected chi connectivity index (χ3v) is 6.84. The number of anilines is 2. The molecule has 4 aromatic rings. The molecule has 8 heteroatoms. The van der Waals surface area contributed by atoms with E-state index in [4.69, 9.17) is 4.74 Å². The summed E-state index contributed by atoms with van der Waals surface area (Å²) in [7, 11) is 0. The Labute approximate surface area is 209 Å². The van der Waals surface area contributed by atoms with Crippen LogP contribution in [0.2, 0.25) is 0 Å². The summed E-state index contributed by atoms with van der Waals surface area (Å²) in [5.74, 6) is 0. The number of ether oxygens (including phenoxy) is 1. The van der Waals surface area contributed by atoms with Gasteiger partial charge in [0.25, 0.3) is 0 Å². The highest BCUT2D eigenvalue weighted by atomic mass is 16.5. The van der Waals surface area contributed by atoms with E-state index in [1.165, 1.54) is 22.4 Å². The summed E-state index contributed by atoms with van der Waals surface area (Å²) in [6, 6.07) is 24.5. The van der Waals surface area contributed by atoms with E-state index < -0.39 is 0 Å². The predicted octanol–water partition coefficient (Wildman–Crippen LogP) is 4.45. The van der Waals surface area contributed by atoms with Crippen LogP contribution in [-0.4, -0.2) is 52.6 Å². The van der Waals surface area contributed by atoms with E-state index in [1.807, 2.05) is 41.3 Å². The average Bonchev–Trinajstić information content (AvgIpc) is 3.57. The van der Waals surface area contributed by atoms with Crippen LogP contribution >= 0.6 is 0 Å². The zero-order valence-electron chi connectivity index (χ0n) is 20.0. The van der Waals surface area contributed by atoms with Crippen LogP contribution in [0.3, 0.4) is 0 Å². The molecule has 3 heterocycles. The van der Waals surface area contributed by atoms with Gasteiger partial charge in [0.1, 0.15) is 5.69 Å². The number of nitrogens with one attached hydrogen (secondary N) is 2. The first-order chi connectivity index (χ1) is 17.7. The second kappa shape index (κ2) is 9.83. The van der Waals surface area contributed by atoms with Crippen molar-refractivity contribution in [2.45, 2.75) is 19.5 Å². The fourth-order valence-electron chi connectivity index (χ4n) is 4.84. The molecule has 0 bridgehead atoms. The van der Waals surface area contributed by atoms with Crippen LogP contribution in [0.5, 0.6) is 0 Å². The molecule has 182 valence electrons. The van der Waals surface area contributed by atoms with E-state index in [9.17, 15) is 4.79 Å². The fourth-order valence-corrected chi connectivity index (χ4v) is 4.84. The van der Waals surface area contributed by atoms with Crippen molar-refractivity contribution in [3.8, 4) is 11.3 Å². The quantitative estimate of drug-likeness (QED) is 0.441. The lowest BCUT2D eigenvalue weighted by molar-refractivity contribution is 0.122. The fraction of sp³-hybridized carbons (Fsp3) is 0.250. The number of carbonyl (C=O) groups excluding carboxylic acids is 1. The lowest BCUT2D eigenvalue weighted by Gasteiger charge is -2.28. The molecule has 0 saturated carbocycles. The van der Waals surface area contributed by atoms with E-state index in [-0.39, 0.29) is 6.03 Å². The molecule has 0 aliphatic carbocycles. The highest BCUT2D eigenvalue weighted by Gasteiger charge is 2.23. The molecule has 2 aliphatic heterocycles. The summed E-state index contributed by atoms with van der Waals surface area (Å²) in [5, 5.41) is 14.6. The standard InChI is InChI=1S/C28H28N6O2/c35-28(34-18-22-3-1-2-4-23(22)19-34)29-24-9-7-21(8-10-24)27-26(30-32-31-27)17-20-5-11-25(12-6-20)33-13-15-36-16-14-33/h1-12H,13-19H2,(H,29,35)(H,30,31,32). The van der Waals surface area contributed by atoms with Crippen LogP contribution < -0.4 is 10.2 Å². The smallest absolute Gasteiger partial charge is 0.322 e. The van der Waals surface area contributed by atoms with Gasteiger partial charge in [-0.15, -0.1) is 0 Å². The molecule has 1 fully saturated rings. The number of hydrogen-bond acceptors (Lipinski definition) is 5. The van der Waals surface area contributed by atoms with Gasteiger partial charge >= 0.3 is 6.03 Å². The van der Waals surface area contributed by atoms with E-state index in [0.717, 1.165) is 48.9 Å². The molecule has 2 amide bonds. The number of morpholine rings is 1. The second-order valence-electron chi connectivity index (χ2n) is 9.19. The van der Waals surface area contributed by atoms with Gasteiger partial charge < -0.3 is 19.9 Å². The van der Waals surface area contributed by atoms with Crippen molar-refractivity contribution < 1.29 is 9.53 Å². The predicted molar refractivity (Wildman–Crippen MR) is 139 cm³/mol.